The van der Waals surface area contributed by atoms with Crippen molar-refractivity contribution < 1.29 is 9.90 Å². The molecule has 3 N–H and O–H groups in total. The lowest BCUT2D eigenvalue weighted by atomic mass is 9.94. The molecule has 0 aliphatic heterocycles. The Labute approximate surface area is 135 Å². The molecule has 1 aromatic rings. The molecular formula is C15H25ClN2O2S. The highest BCUT2D eigenvalue weighted by Gasteiger charge is 2.14. The zero-order valence-corrected chi connectivity index (χ0v) is 14.4. The van der Waals surface area contributed by atoms with E-state index in [1.165, 1.54) is 11.3 Å². The molecule has 0 bridgehead atoms. The molecule has 0 aliphatic rings. The van der Waals surface area contributed by atoms with Gasteiger partial charge in [0.2, 0.25) is 0 Å². The Morgan fingerprint density at radius 2 is 2.10 bits per heavy atom. The summed E-state index contributed by atoms with van der Waals surface area (Å²) in [5.74, 6) is 0.867. The Morgan fingerprint density at radius 1 is 1.38 bits per heavy atom. The molecule has 6 heteroatoms. The number of carbonyl (C=O) groups is 1. The molecule has 2 unspecified atom stereocenters. The summed E-state index contributed by atoms with van der Waals surface area (Å²) in [5, 5.41) is 14.9. The first-order chi connectivity index (χ1) is 9.92. The van der Waals surface area contributed by atoms with E-state index in [9.17, 15) is 4.79 Å². The van der Waals surface area contributed by atoms with Gasteiger partial charge in [-0.1, -0.05) is 25.4 Å². The van der Waals surface area contributed by atoms with Crippen LogP contribution in [0.25, 0.3) is 0 Å². The van der Waals surface area contributed by atoms with E-state index in [4.69, 9.17) is 16.7 Å². The molecule has 1 heterocycles. The minimum atomic E-state index is -0.182. The second-order valence-electron chi connectivity index (χ2n) is 5.73. The van der Waals surface area contributed by atoms with Crippen molar-refractivity contribution in [2.75, 3.05) is 13.2 Å². The van der Waals surface area contributed by atoms with E-state index in [-0.39, 0.29) is 18.7 Å². The van der Waals surface area contributed by atoms with Gasteiger partial charge in [0.15, 0.2) is 0 Å². The fourth-order valence-corrected chi connectivity index (χ4v) is 3.33. The zero-order valence-electron chi connectivity index (χ0n) is 12.9. The van der Waals surface area contributed by atoms with Crippen LogP contribution in [0.3, 0.4) is 0 Å². The Bertz CT molecular complexity index is 437. The smallest absolute Gasteiger partial charge is 0.315 e. The maximum Gasteiger partial charge on any atom is 0.315 e. The van der Waals surface area contributed by atoms with Crippen molar-refractivity contribution in [2.45, 2.75) is 39.7 Å². The van der Waals surface area contributed by atoms with Gasteiger partial charge in [0.1, 0.15) is 0 Å². The third-order valence-electron chi connectivity index (χ3n) is 3.26. The molecule has 0 saturated carbocycles. The van der Waals surface area contributed by atoms with Crippen LogP contribution in [0.5, 0.6) is 0 Å². The topological polar surface area (TPSA) is 61.4 Å². The molecule has 0 spiro atoms. The lowest BCUT2D eigenvalue weighted by Crippen LogP contribution is -2.39. The summed E-state index contributed by atoms with van der Waals surface area (Å²) in [6, 6.07) is 3.51. The number of aliphatic hydroxyl groups excluding tert-OH is 1. The van der Waals surface area contributed by atoms with Crippen LogP contribution in [-0.2, 0) is 0 Å². The standard InChI is InChI=1S/C15H25ClN2O2S/c1-10(2)8-12(6-7-19)9-17-15(20)18-11(3)13-4-5-14(16)21-13/h4-5,10-12,19H,6-9H2,1-3H3,(H2,17,18,20). The van der Waals surface area contributed by atoms with Gasteiger partial charge in [-0.25, -0.2) is 4.79 Å². The molecular weight excluding hydrogens is 308 g/mol. The molecule has 2 amide bonds. The molecule has 0 radical (unpaired) electrons. The lowest BCUT2D eigenvalue weighted by molar-refractivity contribution is 0.223. The maximum absolute atomic E-state index is 11.9. The number of aliphatic hydroxyl groups is 1. The molecule has 0 aliphatic carbocycles. The maximum atomic E-state index is 11.9. The average molecular weight is 333 g/mol. The minimum Gasteiger partial charge on any atom is -0.396 e. The minimum absolute atomic E-state index is 0.0658. The molecule has 21 heavy (non-hydrogen) atoms. The SMILES string of the molecule is CC(C)CC(CCO)CNC(=O)NC(C)c1ccc(Cl)s1. The van der Waals surface area contributed by atoms with E-state index in [0.29, 0.717) is 24.8 Å². The predicted molar refractivity (Wildman–Crippen MR) is 88.9 cm³/mol. The molecule has 0 saturated heterocycles. The molecule has 4 nitrogen and oxygen atoms in total. The number of thiophene rings is 1. The van der Waals surface area contributed by atoms with Crippen molar-refractivity contribution in [3.05, 3.63) is 21.3 Å². The fraction of sp³-hybridized carbons (Fsp3) is 0.667. The van der Waals surface area contributed by atoms with Gasteiger partial charge < -0.3 is 15.7 Å². The Morgan fingerprint density at radius 3 is 2.62 bits per heavy atom. The van der Waals surface area contributed by atoms with Gasteiger partial charge in [0.05, 0.1) is 10.4 Å². The van der Waals surface area contributed by atoms with Gasteiger partial charge in [0.25, 0.3) is 0 Å². The molecule has 2 atom stereocenters. The Kier molecular flexibility index (Phi) is 8.07. The normalized spacial score (nSPS) is 14.0. The van der Waals surface area contributed by atoms with Crippen LogP contribution in [0.4, 0.5) is 4.79 Å². The highest BCUT2D eigenvalue weighted by Crippen LogP contribution is 2.26. The highest BCUT2D eigenvalue weighted by atomic mass is 35.5. The second kappa shape index (κ2) is 9.28. The molecule has 1 rings (SSSR count). The lowest BCUT2D eigenvalue weighted by Gasteiger charge is -2.20. The molecule has 1 aromatic heterocycles. The van der Waals surface area contributed by atoms with Gasteiger partial charge in [-0.2, -0.15) is 0 Å². The summed E-state index contributed by atoms with van der Waals surface area (Å²) < 4.78 is 0.721. The Hall–Kier alpha value is -0.780. The summed E-state index contributed by atoms with van der Waals surface area (Å²) in [4.78, 5) is 12.9. The third-order valence-corrected chi connectivity index (χ3v) is 4.68. The number of nitrogens with one attached hydrogen (secondary N) is 2. The number of amides is 2. The monoisotopic (exact) mass is 332 g/mol. The van der Waals surface area contributed by atoms with Crippen molar-refractivity contribution in [3.8, 4) is 0 Å². The summed E-state index contributed by atoms with van der Waals surface area (Å²) >= 11 is 7.36. The number of halogens is 1. The van der Waals surface area contributed by atoms with Gasteiger partial charge in [0, 0.05) is 18.0 Å². The van der Waals surface area contributed by atoms with Crippen LogP contribution >= 0.6 is 22.9 Å². The zero-order chi connectivity index (χ0) is 15.8. The highest BCUT2D eigenvalue weighted by molar-refractivity contribution is 7.16. The Balaban J connectivity index is 2.38. The second-order valence-corrected chi connectivity index (χ2v) is 7.47. The molecule has 0 fully saturated rings. The quantitative estimate of drug-likeness (QED) is 0.678. The van der Waals surface area contributed by atoms with E-state index in [1.807, 2.05) is 19.1 Å². The first-order valence-corrected chi connectivity index (χ1v) is 8.52. The van der Waals surface area contributed by atoms with E-state index < -0.39 is 0 Å². The van der Waals surface area contributed by atoms with Crippen LogP contribution in [0.2, 0.25) is 4.34 Å². The van der Waals surface area contributed by atoms with Crippen LogP contribution in [0.1, 0.15) is 44.5 Å². The summed E-state index contributed by atoms with van der Waals surface area (Å²) in [5.41, 5.74) is 0. The van der Waals surface area contributed by atoms with Crippen LogP contribution < -0.4 is 10.6 Å². The molecule has 0 aromatic carbocycles. The van der Waals surface area contributed by atoms with Gasteiger partial charge in [-0.15, -0.1) is 11.3 Å². The van der Waals surface area contributed by atoms with Crippen LogP contribution in [-0.4, -0.2) is 24.3 Å². The largest absolute Gasteiger partial charge is 0.396 e. The summed E-state index contributed by atoms with van der Waals surface area (Å²) in [7, 11) is 0. The molecule has 120 valence electrons. The van der Waals surface area contributed by atoms with Crippen molar-refractivity contribution >= 4 is 29.0 Å². The van der Waals surface area contributed by atoms with Gasteiger partial charge in [-0.05, 0) is 43.7 Å². The summed E-state index contributed by atoms with van der Waals surface area (Å²) in [6.45, 7) is 6.97. The first-order valence-electron chi connectivity index (χ1n) is 7.32. The summed E-state index contributed by atoms with van der Waals surface area (Å²) in [6.07, 6.45) is 1.71. The van der Waals surface area contributed by atoms with Crippen molar-refractivity contribution in [3.63, 3.8) is 0 Å². The number of carbonyl (C=O) groups excluding carboxylic acids is 1. The number of hydrogen-bond acceptors (Lipinski definition) is 3. The third kappa shape index (κ3) is 7.16. The van der Waals surface area contributed by atoms with E-state index in [2.05, 4.69) is 24.5 Å². The van der Waals surface area contributed by atoms with E-state index >= 15 is 0 Å². The number of urea groups is 1. The predicted octanol–water partition coefficient (Wildman–Crippen LogP) is 3.81. The van der Waals surface area contributed by atoms with E-state index in [1.54, 1.807) is 0 Å². The fourth-order valence-electron chi connectivity index (χ4n) is 2.27. The van der Waals surface area contributed by atoms with Crippen molar-refractivity contribution in [1.29, 1.82) is 0 Å². The van der Waals surface area contributed by atoms with E-state index in [0.717, 1.165) is 15.6 Å². The van der Waals surface area contributed by atoms with Crippen LogP contribution in [0.15, 0.2) is 12.1 Å². The van der Waals surface area contributed by atoms with Crippen molar-refractivity contribution in [2.24, 2.45) is 11.8 Å². The van der Waals surface area contributed by atoms with Crippen LogP contribution in [0, 0.1) is 11.8 Å². The number of hydrogen-bond donors (Lipinski definition) is 3. The number of rotatable bonds is 8. The van der Waals surface area contributed by atoms with Gasteiger partial charge >= 0.3 is 6.03 Å². The first kappa shape index (κ1) is 18.3. The van der Waals surface area contributed by atoms with Gasteiger partial charge in [-0.3, -0.25) is 0 Å². The average Bonchev–Trinajstić information content (AvgIpc) is 2.82. The van der Waals surface area contributed by atoms with Crippen molar-refractivity contribution in [1.82, 2.24) is 10.6 Å².